The molecule has 0 aliphatic heterocycles. The van der Waals surface area contributed by atoms with Crippen LogP contribution in [-0.2, 0) is 4.79 Å². The van der Waals surface area contributed by atoms with Gasteiger partial charge in [-0.25, -0.2) is 4.39 Å². The minimum absolute atomic E-state index is 0.0985. The Kier molecular flexibility index (Phi) is 5.51. The zero-order chi connectivity index (χ0) is 16.3. The van der Waals surface area contributed by atoms with E-state index in [1.54, 1.807) is 19.1 Å². The van der Waals surface area contributed by atoms with Crippen molar-refractivity contribution in [1.82, 2.24) is 0 Å². The van der Waals surface area contributed by atoms with E-state index < -0.39 is 17.8 Å². The maximum absolute atomic E-state index is 13.0. The molecule has 0 unspecified atom stereocenters. The summed E-state index contributed by atoms with van der Waals surface area (Å²) in [4.78, 5) is 12.1. The molecule has 3 nitrogen and oxygen atoms in total. The first-order valence-corrected chi connectivity index (χ1v) is 7.38. The number of ether oxygens (including phenoxy) is 1. The van der Waals surface area contributed by atoms with E-state index in [0.717, 1.165) is 6.07 Å². The fourth-order valence-corrected chi connectivity index (χ4v) is 2.18. The highest BCUT2D eigenvalue weighted by molar-refractivity contribution is 6.34. The van der Waals surface area contributed by atoms with Crippen molar-refractivity contribution in [2.45, 2.75) is 13.0 Å². The van der Waals surface area contributed by atoms with E-state index in [4.69, 9.17) is 39.5 Å². The molecule has 1 N–H and O–H groups in total. The van der Waals surface area contributed by atoms with Crippen molar-refractivity contribution in [2.75, 3.05) is 5.32 Å². The molecule has 116 valence electrons. The molecule has 0 aliphatic carbocycles. The second-order valence-electron chi connectivity index (χ2n) is 4.45. The van der Waals surface area contributed by atoms with Crippen LogP contribution in [0, 0.1) is 5.82 Å². The number of rotatable bonds is 4. The summed E-state index contributed by atoms with van der Waals surface area (Å²) < 4.78 is 18.4. The smallest absolute Gasteiger partial charge is 0.265 e. The summed E-state index contributed by atoms with van der Waals surface area (Å²) in [7, 11) is 0. The molecule has 0 radical (unpaired) electrons. The zero-order valence-electron chi connectivity index (χ0n) is 11.4. The Hall–Kier alpha value is -1.49. The van der Waals surface area contributed by atoms with Crippen molar-refractivity contribution >= 4 is 46.4 Å². The number of halogens is 4. The third-order valence-corrected chi connectivity index (χ3v) is 3.62. The summed E-state index contributed by atoms with van der Waals surface area (Å²) in [6.45, 7) is 1.55. The first-order valence-electron chi connectivity index (χ1n) is 6.24. The lowest BCUT2D eigenvalue weighted by molar-refractivity contribution is -0.122. The lowest BCUT2D eigenvalue weighted by Gasteiger charge is -2.16. The molecule has 1 amide bonds. The molecular weight excluding hydrogens is 352 g/mol. The molecule has 2 rings (SSSR count). The Morgan fingerprint density at radius 3 is 2.55 bits per heavy atom. The minimum atomic E-state index is -0.850. The number of amides is 1. The van der Waals surface area contributed by atoms with Crippen molar-refractivity contribution in [3.8, 4) is 5.75 Å². The van der Waals surface area contributed by atoms with E-state index in [2.05, 4.69) is 5.32 Å². The van der Waals surface area contributed by atoms with Crippen molar-refractivity contribution in [3.05, 3.63) is 57.3 Å². The van der Waals surface area contributed by atoms with Gasteiger partial charge in [0.1, 0.15) is 11.6 Å². The zero-order valence-corrected chi connectivity index (χ0v) is 13.6. The number of carbonyl (C=O) groups excluding carboxylic acids is 1. The van der Waals surface area contributed by atoms with Gasteiger partial charge in [0.25, 0.3) is 5.91 Å². The van der Waals surface area contributed by atoms with Gasteiger partial charge in [-0.3, -0.25) is 4.79 Å². The Bertz CT molecular complexity index is 709. The normalized spacial score (nSPS) is 11.9. The number of carbonyl (C=O) groups is 1. The van der Waals surface area contributed by atoms with Gasteiger partial charge in [0.05, 0.1) is 15.7 Å². The topological polar surface area (TPSA) is 38.3 Å². The van der Waals surface area contributed by atoms with Gasteiger partial charge in [-0.05, 0) is 37.3 Å². The molecule has 7 heteroatoms. The maximum atomic E-state index is 13.0. The van der Waals surface area contributed by atoms with Crippen molar-refractivity contribution in [1.29, 1.82) is 0 Å². The second kappa shape index (κ2) is 7.18. The molecule has 0 fully saturated rings. The van der Waals surface area contributed by atoms with Crippen LogP contribution in [0.25, 0.3) is 0 Å². The molecule has 2 aromatic carbocycles. The molecule has 0 bridgehead atoms. The van der Waals surface area contributed by atoms with Crippen LogP contribution in [0.1, 0.15) is 6.92 Å². The fourth-order valence-electron chi connectivity index (χ4n) is 1.64. The third-order valence-electron chi connectivity index (χ3n) is 2.76. The highest BCUT2D eigenvalue weighted by Crippen LogP contribution is 2.29. The van der Waals surface area contributed by atoms with Crippen LogP contribution < -0.4 is 10.1 Å². The van der Waals surface area contributed by atoms with Gasteiger partial charge in [-0.1, -0.05) is 34.8 Å². The number of nitrogens with one attached hydrogen (secondary N) is 1. The van der Waals surface area contributed by atoms with Gasteiger partial charge in [0, 0.05) is 11.1 Å². The summed E-state index contributed by atoms with van der Waals surface area (Å²) in [6.07, 6.45) is -0.850. The standard InChI is InChI=1S/C15H11Cl3FNO2/c1-8(22-14-6-9(16)2-4-11(14)17)15(21)20-13-5-3-10(19)7-12(13)18/h2-8H,1H3,(H,20,21)/t8-/m0/s1. The summed E-state index contributed by atoms with van der Waals surface area (Å²) in [5, 5.41) is 3.43. The minimum Gasteiger partial charge on any atom is -0.479 e. The van der Waals surface area contributed by atoms with E-state index in [1.165, 1.54) is 18.2 Å². The molecule has 2 aromatic rings. The average molecular weight is 363 g/mol. The van der Waals surface area contributed by atoms with Gasteiger partial charge in [-0.15, -0.1) is 0 Å². The predicted molar refractivity (Wildman–Crippen MR) is 86.6 cm³/mol. The molecular formula is C15H11Cl3FNO2. The van der Waals surface area contributed by atoms with Crippen LogP contribution in [0.5, 0.6) is 5.75 Å². The molecule has 0 spiro atoms. The van der Waals surface area contributed by atoms with Crippen LogP contribution in [0.3, 0.4) is 0 Å². The molecule has 0 aliphatic rings. The number of anilines is 1. The van der Waals surface area contributed by atoms with Crippen molar-refractivity contribution < 1.29 is 13.9 Å². The second-order valence-corrected chi connectivity index (χ2v) is 5.70. The van der Waals surface area contributed by atoms with Crippen molar-refractivity contribution in [3.63, 3.8) is 0 Å². The molecule has 22 heavy (non-hydrogen) atoms. The maximum Gasteiger partial charge on any atom is 0.265 e. The summed E-state index contributed by atoms with van der Waals surface area (Å²) in [5.74, 6) is -0.649. The van der Waals surface area contributed by atoms with Gasteiger partial charge in [-0.2, -0.15) is 0 Å². The fraction of sp³-hybridized carbons (Fsp3) is 0.133. The van der Waals surface area contributed by atoms with Gasteiger partial charge >= 0.3 is 0 Å². The predicted octanol–water partition coefficient (Wildman–Crippen LogP) is 5.19. The molecule has 0 saturated heterocycles. The van der Waals surface area contributed by atoms with E-state index in [9.17, 15) is 9.18 Å². The lowest BCUT2D eigenvalue weighted by atomic mass is 10.3. The molecule has 1 atom stereocenters. The Labute approximate surface area is 141 Å². The van der Waals surface area contributed by atoms with E-state index in [0.29, 0.717) is 21.5 Å². The van der Waals surface area contributed by atoms with Gasteiger partial charge < -0.3 is 10.1 Å². The SMILES string of the molecule is C[C@H](Oc1cc(Cl)ccc1Cl)C(=O)Nc1ccc(F)cc1Cl. The van der Waals surface area contributed by atoms with Crippen LogP contribution in [0.2, 0.25) is 15.1 Å². The molecule has 0 saturated carbocycles. The molecule has 0 aromatic heterocycles. The quantitative estimate of drug-likeness (QED) is 0.812. The highest BCUT2D eigenvalue weighted by atomic mass is 35.5. The lowest BCUT2D eigenvalue weighted by Crippen LogP contribution is -2.30. The van der Waals surface area contributed by atoms with Gasteiger partial charge in [0.15, 0.2) is 6.10 Å². The summed E-state index contributed by atoms with van der Waals surface area (Å²) in [5.41, 5.74) is 0.292. The van der Waals surface area contributed by atoms with Crippen LogP contribution in [0.15, 0.2) is 36.4 Å². The highest BCUT2D eigenvalue weighted by Gasteiger charge is 2.17. The number of hydrogen-bond donors (Lipinski definition) is 1. The van der Waals surface area contributed by atoms with Crippen LogP contribution >= 0.6 is 34.8 Å². The first kappa shape index (κ1) is 16.9. The van der Waals surface area contributed by atoms with Gasteiger partial charge in [0.2, 0.25) is 0 Å². The monoisotopic (exact) mass is 361 g/mol. The summed E-state index contributed by atoms with van der Waals surface area (Å²) in [6, 6.07) is 8.37. The Morgan fingerprint density at radius 2 is 1.86 bits per heavy atom. The number of hydrogen-bond acceptors (Lipinski definition) is 2. The van der Waals surface area contributed by atoms with E-state index in [-0.39, 0.29) is 5.02 Å². The molecule has 0 heterocycles. The Balaban J connectivity index is 2.07. The van der Waals surface area contributed by atoms with Crippen molar-refractivity contribution in [2.24, 2.45) is 0 Å². The average Bonchev–Trinajstić information content (AvgIpc) is 2.45. The largest absolute Gasteiger partial charge is 0.479 e. The number of benzene rings is 2. The van der Waals surface area contributed by atoms with E-state index in [1.807, 2.05) is 0 Å². The van der Waals surface area contributed by atoms with Crippen LogP contribution in [0.4, 0.5) is 10.1 Å². The third kappa shape index (κ3) is 4.26. The van der Waals surface area contributed by atoms with Crippen LogP contribution in [-0.4, -0.2) is 12.0 Å². The van der Waals surface area contributed by atoms with E-state index >= 15 is 0 Å². The first-order chi connectivity index (χ1) is 10.4. The Morgan fingerprint density at radius 1 is 1.14 bits per heavy atom. The summed E-state index contributed by atoms with van der Waals surface area (Å²) >= 11 is 17.7.